The summed E-state index contributed by atoms with van der Waals surface area (Å²) in [5.74, 6) is 0. The van der Waals surface area contributed by atoms with Crippen LogP contribution in [0.15, 0.2) is 30.3 Å². The largest absolute Gasteiger partial charge is 0.373 e. The Morgan fingerprint density at radius 1 is 1.30 bits per heavy atom. The number of nitrogens with two attached hydrogens (primary N) is 1. The lowest BCUT2D eigenvalue weighted by molar-refractivity contribution is -0.0688. The highest BCUT2D eigenvalue weighted by atomic mass is 16.5. The van der Waals surface area contributed by atoms with Crippen LogP contribution in [0.2, 0.25) is 0 Å². The third-order valence-electron chi connectivity index (χ3n) is 3.81. The number of rotatable bonds is 4. The van der Waals surface area contributed by atoms with Gasteiger partial charge in [-0.2, -0.15) is 5.26 Å². The van der Waals surface area contributed by atoms with Crippen LogP contribution in [0, 0.1) is 11.3 Å². The molecule has 3 unspecified atom stereocenters. The van der Waals surface area contributed by atoms with Crippen LogP contribution in [0.4, 0.5) is 0 Å². The minimum Gasteiger partial charge on any atom is -0.373 e. The predicted molar refractivity (Wildman–Crippen MR) is 79.0 cm³/mol. The second-order valence-corrected chi connectivity index (χ2v) is 5.72. The first-order valence-corrected chi connectivity index (χ1v) is 7.17. The van der Waals surface area contributed by atoms with Gasteiger partial charge in [0.15, 0.2) is 0 Å². The molecule has 1 aromatic rings. The number of ether oxygens (including phenoxy) is 1. The molecule has 0 aliphatic carbocycles. The standard InChI is InChI=1S/C16H23N3O/c1-13-10-19(11-14(2)20-13)9-8-16(18,12-17)15-6-4-3-5-7-15/h3-7,13-14H,8-11,18H2,1-2H3. The first kappa shape index (κ1) is 15.0. The SMILES string of the molecule is CC1CN(CCC(N)(C#N)c2ccccc2)CC(C)O1. The van der Waals surface area contributed by atoms with Crippen LogP contribution >= 0.6 is 0 Å². The highest BCUT2D eigenvalue weighted by Gasteiger charge is 2.29. The van der Waals surface area contributed by atoms with Crippen LogP contribution in [0.25, 0.3) is 0 Å². The molecule has 0 spiro atoms. The second kappa shape index (κ2) is 6.36. The Morgan fingerprint density at radius 3 is 2.45 bits per heavy atom. The van der Waals surface area contributed by atoms with Crippen LogP contribution in [0.5, 0.6) is 0 Å². The van der Waals surface area contributed by atoms with Crippen LogP contribution in [-0.4, -0.2) is 36.7 Å². The monoisotopic (exact) mass is 273 g/mol. The lowest BCUT2D eigenvalue weighted by Gasteiger charge is -2.36. The van der Waals surface area contributed by atoms with E-state index in [0.29, 0.717) is 6.42 Å². The lowest BCUT2D eigenvalue weighted by Crippen LogP contribution is -2.48. The Hall–Kier alpha value is -1.41. The van der Waals surface area contributed by atoms with Gasteiger partial charge in [0.1, 0.15) is 5.54 Å². The average molecular weight is 273 g/mol. The van der Waals surface area contributed by atoms with Gasteiger partial charge >= 0.3 is 0 Å². The van der Waals surface area contributed by atoms with E-state index in [1.165, 1.54) is 0 Å². The van der Waals surface area contributed by atoms with E-state index in [9.17, 15) is 5.26 Å². The molecule has 1 heterocycles. The Balaban J connectivity index is 1.99. The van der Waals surface area contributed by atoms with Crippen molar-refractivity contribution in [1.29, 1.82) is 5.26 Å². The van der Waals surface area contributed by atoms with Crippen molar-refractivity contribution in [2.75, 3.05) is 19.6 Å². The minimum absolute atomic E-state index is 0.240. The Labute approximate surface area is 121 Å². The zero-order chi connectivity index (χ0) is 14.6. The first-order valence-electron chi connectivity index (χ1n) is 7.17. The van der Waals surface area contributed by atoms with E-state index < -0.39 is 5.54 Å². The van der Waals surface area contributed by atoms with Gasteiger partial charge in [-0.1, -0.05) is 30.3 Å². The van der Waals surface area contributed by atoms with Gasteiger partial charge < -0.3 is 10.5 Å². The molecule has 3 atom stereocenters. The Kier molecular flexibility index (Phi) is 4.77. The van der Waals surface area contributed by atoms with Gasteiger partial charge in [0.05, 0.1) is 18.3 Å². The normalized spacial score (nSPS) is 26.7. The molecule has 2 rings (SSSR count). The fourth-order valence-corrected chi connectivity index (χ4v) is 2.80. The lowest BCUT2D eigenvalue weighted by atomic mass is 9.89. The summed E-state index contributed by atoms with van der Waals surface area (Å²) < 4.78 is 5.72. The van der Waals surface area contributed by atoms with E-state index in [4.69, 9.17) is 10.5 Å². The number of nitriles is 1. The van der Waals surface area contributed by atoms with Gasteiger partial charge in [-0.25, -0.2) is 0 Å². The molecule has 0 amide bonds. The second-order valence-electron chi connectivity index (χ2n) is 5.72. The van der Waals surface area contributed by atoms with Gasteiger partial charge in [-0.15, -0.1) is 0 Å². The molecule has 4 heteroatoms. The van der Waals surface area contributed by atoms with E-state index in [1.54, 1.807) is 0 Å². The van der Waals surface area contributed by atoms with Crippen molar-refractivity contribution in [2.45, 2.75) is 38.0 Å². The Bertz CT molecular complexity index is 460. The molecule has 2 N–H and O–H groups in total. The molecule has 108 valence electrons. The molecule has 1 aliphatic heterocycles. The van der Waals surface area contributed by atoms with Gasteiger partial charge in [-0.3, -0.25) is 4.90 Å². The first-order chi connectivity index (χ1) is 9.53. The molecule has 1 saturated heterocycles. The summed E-state index contributed by atoms with van der Waals surface area (Å²) in [7, 11) is 0. The molecule has 0 bridgehead atoms. The van der Waals surface area contributed by atoms with Crippen molar-refractivity contribution in [3.8, 4) is 6.07 Å². The maximum atomic E-state index is 9.45. The average Bonchev–Trinajstić information content (AvgIpc) is 2.45. The smallest absolute Gasteiger partial charge is 0.131 e. The van der Waals surface area contributed by atoms with Gasteiger partial charge in [0, 0.05) is 19.6 Å². The summed E-state index contributed by atoms with van der Waals surface area (Å²) in [5.41, 5.74) is 6.26. The summed E-state index contributed by atoms with van der Waals surface area (Å²) in [4.78, 5) is 2.33. The quantitative estimate of drug-likeness (QED) is 0.909. The van der Waals surface area contributed by atoms with E-state index in [2.05, 4.69) is 24.8 Å². The zero-order valence-electron chi connectivity index (χ0n) is 12.2. The van der Waals surface area contributed by atoms with Crippen LogP contribution < -0.4 is 5.73 Å². The number of morpholine rings is 1. The van der Waals surface area contributed by atoms with Crippen LogP contribution in [-0.2, 0) is 10.3 Å². The third kappa shape index (κ3) is 3.57. The maximum Gasteiger partial charge on any atom is 0.131 e. The van der Waals surface area contributed by atoms with E-state index in [-0.39, 0.29) is 12.2 Å². The fourth-order valence-electron chi connectivity index (χ4n) is 2.80. The third-order valence-corrected chi connectivity index (χ3v) is 3.81. The van der Waals surface area contributed by atoms with Gasteiger partial charge in [-0.05, 0) is 25.8 Å². The van der Waals surface area contributed by atoms with Gasteiger partial charge in [0.2, 0.25) is 0 Å². The van der Waals surface area contributed by atoms with E-state index in [1.807, 2.05) is 30.3 Å². The number of hydrogen-bond acceptors (Lipinski definition) is 4. The number of benzene rings is 1. The molecule has 1 aliphatic rings. The summed E-state index contributed by atoms with van der Waals surface area (Å²) in [5, 5.41) is 9.45. The zero-order valence-corrected chi connectivity index (χ0v) is 12.2. The van der Waals surface area contributed by atoms with Crippen molar-refractivity contribution in [3.63, 3.8) is 0 Å². The fraction of sp³-hybridized carbons (Fsp3) is 0.562. The summed E-state index contributed by atoms with van der Waals surface area (Å²) in [6, 6.07) is 11.9. The Morgan fingerprint density at radius 2 is 1.90 bits per heavy atom. The van der Waals surface area contributed by atoms with Crippen molar-refractivity contribution in [3.05, 3.63) is 35.9 Å². The molecular weight excluding hydrogens is 250 g/mol. The van der Waals surface area contributed by atoms with Crippen molar-refractivity contribution in [2.24, 2.45) is 5.73 Å². The predicted octanol–water partition coefficient (Wildman–Crippen LogP) is 1.86. The molecule has 20 heavy (non-hydrogen) atoms. The van der Waals surface area contributed by atoms with Gasteiger partial charge in [0.25, 0.3) is 0 Å². The number of nitrogens with zero attached hydrogens (tertiary/aromatic N) is 2. The van der Waals surface area contributed by atoms with Crippen molar-refractivity contribution in [1.82, 2.24) is 4.90 Å². The van der Waals surface area contributed by atoms with Crippen molar-refractivity contribution >= 4 is 0 Å². The molecule has 0 saturated carbocycles. The molecule has 0 aromatic heterocycles. The molecule has 4 nitrogen and oxygen atoms in total. The van der Waals surface area contributed by atoms with E-state index >= 15 is 0 Å². The van der Waals surface area contributed by atoms with Crippen LogP contribution in [0.1, 0.15) is 25.8 Å². The molecular formula is C16H23N3O. The minimum atomic E-state index is -0.911. The molecule has 0 radical (unpaired) electrons. The summed E-state index contributed by atoms with van der Waals surface area (Å²) >= 11 is 0. The van der Waals surface area contributed by atoms with Crippen LogP contribution in [0.3, 0.4) is 0 Å². The highest BCUT2D eigenvalue weighted by molar-refractivity contribution is 5.30. The topological polar surface area (TPSA) is 62.3 Å². The van der Waals surface area contributed by atoms with Crippen molar-refractivity contribution < 1.29 is 4.74 Å². The summed E-state index contributed by atoms with van der Waals surface area (Å²) in [6.45, 7) is 6.79. The molecule has 1 aromatic carbocycles. The van der Waals surface area contributed by atoms with E-state index in [0.717, 1.165) is 25.2 Å². The number of hydrogen-bond donors (Lipinski definition) is 1. The highest BCUT2D eigenvalue weighted by Crippen LogP contribution is 2.22. The molecule has 1 fully saturated rings. The maximum absolute atomic E-state index is 9.45. The summed E-state index contributed by atoms with van der Waals surface area (Å²) in [6.07, 6.45) is 1.11.